The molecule has 2 aromatic rings. The van der Waals surface area contributed by atoms with Crippen LogP contribution in [0.25, 0.3) is 6.08 Å². The molecule has 0 fully saturated rings. The Hall–Kier alpha value is -3.42. The third-order valence-electron chi connectivity index (χ3n) is 3.96. The molecule has 0 radical (unpaired) electrons. The normalized spacial score (nSPS) is 10.7. The first kappa shape index (κ1) is 20.9. The molecule has 0 spiro atoms. The second-order valence-corrected chi connectivity index (χ2v) is 6.83. The Bertz CT molecular complexity index is 1000. The molecular weight excluding hydrogens is 376 g/mol. The van der Waals surface area contributed by atoms with E-state index in [1.54, 1.807) is 45.2 Å². The number of nitriles is 2. The molecule has 0 unspecified atom stereocenters. The first-order valence-electron chi connectivity index (χ1n) is 8.43. The van der Waals surface area contributed by atoms with E-state index in [4.69, 9.17) is 9.47 Å². The predicted octanol–water partition coefficient (Wildman–Crippen LogP) is 3.83. The van der Waals surface area contributed by atoms with Crippen LogP contribution < -0.4 is 4.74 Å². The highest BCUT2D eigenvalue weighted by Crippen LogP contribution is 2.29. The van der Waals surface area contributed by atoms with Crippen molar-refractivity contribution < 1.29 is 19.1 Å². The van der Waals surface area contributed by atoms with Crippen molar-refractivity contribution in [2.45, 2.75) is 20.3 Å². The number of Topliss-reactive ketones (excluding diaryl/α,β-unsaturated/α-hetero) is 1. The van der Waals surface area contributed by atoms with Gasteiger partial charge in [-0.25, -0.2) is 4.79 Å². The average molecular weight is 394 g/mol. The van der Waals surface area contributed by atoms with Gasteiger partial charge in [0.15, 0.2) is 5.78 Å². The van der Waals surface area contributed by atoms with Crippen molar-refractivity contribution in [3.8, 4) is 17.9 Å². The molecule has 0 amide bonds. The maximum absolute atomic E-state index is 12.6. The number of nitrogens with zero attached hydrogens (tertiary/aromatic N) is 2. The second kappa shape index (κ2) is 9.50. The Morgan fingerprint density at radius 2 is 1.89 bits per heavy atom. The highest BCUT2D eigenvalue weighted by molar-refractivity contribution is 7.14. The summed E-state index contributed by atoms with van der Waals surface area (Å²) in [5.41, 5.74) is 1.42. The fraction of sp³-hybridized carbons (Fsp3) is 0.238. The van der Waals surface area contributed by atoms with Gasteiger partial charge in [-0.2, -0.15) is 10.5 Å². The molecule has 28 heavy (non-hydrogen) atoms. The molecule has 0 saturated heterocycles. The van der Waals surface area contributed by atoms with Gasteiger partial charge in [0.2, 0.25) is 0 Å². The van der Waals surface area contributed by atoms with Crippen LogP contribution in [-0.4, -0.2) is 25.5 Å². The largest absolute Gasteiger partial charge is 0.497 e. The molecule has 0 atom stereocenters. The number of ether oxygens (including phenoxy) is 2. The zero-order valence-corrected chi connectivity index (χ0v) is 16.6. The third kappa shape index (κ3) is 4.64. The van der Waals surface area contributed by atoms with Gasteiger partial charge in [-0.1, -0.05) is 12.1 Å². The lowest BCUT2D eigenvalue weighted by molar-refractivity contribution is -0.114. The van der Waals surface area contributed by atoms with E-state index in [1.165, 1.54) is 6.08 Å². The predicted molar refractivity (Wildman–Crippen MR) is 105 cm³/mol. The van der Waals surface area contributed by atoms with E-state index in [0.29, 0.717) is 26.6 Å². The Balaban J connectivity index is 2.30. The van der Waals surface area contributed by atoms with Crippen LogP contribution in [0, 0.1) is 29.6 Å². The standard InChI is InChI=1S/C21H18N2O4S/c1-4-27-21(25)20-13(2)17(12-23)19(28-20)10-18(24)15(11-22)9-14-5-7-16(26-3)8-6-14/h5-9H,4,10H2,1-3H3/b15-9+. The minimum atomic E-state index is -0.519. The van der Waals surface area contributed by atoms with E-state index in [9.17, 15) is 20.1 Å². The van der Waals surface area contributed by atoms with Gasteiger partial charge in [-0.3, -0.25) is 4.79 Å². The van der Waals surface area contributed by atoms with Crippen LogP contribution in [0.3, 0.4) is 0 Å². The van der Waals surface area contributed by atoms with Crippen LogP contribution in [0.5, 0.6) is 5.75 Å². The number of thiophene rings is 1. The zero-order chi connectivity index (χ0) is 20.7. The Morgan fingerprint density at radius 3 is 2.43 bits per heavy atom. The number of rotatable bonds is 7. The summed E-state index contributed by atoms with van der Waals surface area (Å²) < 4.78 is 10.1. The molecule has 2 rings (SSSR count). The SMILES string of the molecule is CCOC(=O)c1sc(CC(=O)/C(C#N)=C/c2ccc(OC)cc2)c(C#N)c1C. The zero-order valence-electron chi connectivity index (χ0n) is 15.7. The van der Waals surface area contributed by atoms with Crippen molar-refractivity contribution >= 4 is 29.2 Å². The minimum Gasteiger partial charge on any atom is -0.497 e. The first-order chi connectivity index (χ1) is 13.4. The molecule has 142 valence electrons. The first-order valence-corrected chi connectivity index (χ1v) is 9.25. The number of ketones is 1. The molecule has 1 heterocycles. The number of hydrogen-bond acceptors (Lipinski definition) is 7. The van der Waals surface area contributed by atoms with Gasteiger partial charge in [0.1, 0.15) is 22.8 Å². The van der Waals surface area contributed by atoms with E-state index >= 15 is 0 Å². The molecule has 1 aromatic carbocycles. The van der Waals surface area contributed by atoms with Crippen molar-refractivity contribution in [3.63, 3.8) is 0 Å². The van der Waals surface area contributed by atoms with Gasteiger partial charge >= 0.3 is 5.97 Å². The Labute approximate surface area is 167 Å². The lowest BCUT2D eigenvalue weighted by atomic mass is 10.0. The van der Waals surface area contributed by atoms with Gasteiger partial charge in [0, 0.05) is 11.3 Å². The number of benzene rings is 1. The highest BCUT2D eigenvalue weighted by Gasteiger charge is 2.23. The number of hydrogen-bond donors (Lipinski definition) is 0. The quantitative estimate of drug-likeness (QED) is 0.402. The summed E-state index contributed by atoms with van der Waals surface area (Å²) in [6.45, 7) is 3.56. The van der Waals surface area contributed by atoms with Gasteiger partial charge in [-0.05, 0) is 43.2 Å². The van der Waals surface area contributed by atoms with Gasteiger partial charge in [0.05, 0.1) is 24.9 Å². The third-order valence-corrected chi connectivity index (χ3v) is 5.23. The lowest BCUT2D eigenvalue weighted by Gasteiger charge is -2.01. The Morgan fingerprint density at radius 1 is 1.21 bits per heavy atom. The maximum atomic E-state index is 12.6. The number of allylic oxidation sites excluding steroid dienone is 1. The number of carbonyl (C=O) groups is 2. The molecule has 0 N–H and O–H groups in total. The van der Waals surface area contributed by atoms with Crippen LogP contribution in [0.2, 0.25) is 0 Å². The number of carbonyl (C=O) groups excluding carboxylic acids is 2. The van der Waals surface area contributed by atoms with Crippen LogP contribution in [0.4, 0.5) is 0 Å². The molecule has 0 bridgehead atoms. The lowest BCUT2D eigenvalue weighted by Crippen LogP contribution is -2.05. The molecule has 0 aliphatic carbocycles. The summed E-state index contributed by atoms with van der Waals surface area (Å²) in [7, 11) is 1.55. The smallest absolute Gasteiger partial charge is 0.348 e. The number of methoxy groups -OCH3 is 1. The van der Waals surface area contributed by atoms with E-state index in [1.807, 2.05) is 12.1 Å². The molecule has 6 nitrogen and oxygen atoms in total. The monoisotopic (exact) mass is 394 g/mol. The van der Waals surface area contributed by atoms with Crippen LogP contribution in [-0.2, 0) is 16.0 Å². The van der Waals surface area contributed by atoms with E-state index in [0.717, 1.165) is 11.3 Å². The van der Waals surface area contributed by atoms with E-state index in [-0.39, 0.29) is 24.2 Å². The van der Waals surface area contributed by atoms with E-state index < -0.39 is 11.8 Å². The molecule has 0 aliphatic rings. The van der Waals surface area contributed by atoms with Crippen molar-refractivity contribution in [1.29, 1.82) is 10.5 Å². The van der Waals surface area contributed by atoms with E-state index in [2.05, 4.69) is 0 Å². The van der Waals surface area contributed by atoms with Gasteiger partial charge in [-0.15, -0.1) is 11.3 Å². The van der Waals surface area contributed by atoms with Crippen LogP contribution in [0.15, 0.2) is 29.8 Å². The van der Waals surface area contributed by atoms with Crippen molar-refractivity contribution in [2.24, 2.45) is 0 Å². The molecular formula is C21H18N2O4S. The molecule has 0 saturated carbocycles. The summed E-state index contributed by atoms with van der Waals surface area (Å²) >= 11 is 1.06. The second-order valence-electron chi connectivity index (χ2n) is 5.73. The minimum absolute atomic E-state index is 0.0298. The highest BCUT2D eigenvalue weighted by atomic mass is 32.1. The van der Waals surface area contributed by atoms with Crippen molar-refractivity contribution in [1.82, 2.24) is 0 Å². The Kier molecular flexibility index (Phi) is 7.08. The fourth-order valence-corrected chi connectivity index (χ4v) is 3.67. The fourth-order valence-electron chi connectivity index (χ4n) is 2.52. The topological polar surface area (TPSA) is 100 Å². The van der Waals surface area contributed by atoms with Crippen molar-refractivity contribution in [2.75, 3.05) is 13.7 Å². The average Bonchev–Trinajstić information content (AvgIpc) is 3.01. The summed E-state index contributed by atoms with van der Waals surface area (Å²) in [6.07, 6.45) is 1.35. The number of esters is 1. The van der Waals surface area contributed by atoms with Crippen LogP contribution >= 0.6 is 11.3 Å². The summed E-state index contributed by atoms with van der Waals surface area (Å²) in [4.78, 5) is 25.4. The van der Waals surface area contributed by atoms with Gasteiger partial charge in [0.25, 0.3) is 0 Å². The summed E-state index contributed by atoms with van der Waals surface area (Å²) in [5.74, 6) is -0.276. The summed E-state index contributed by atoms with van der Waals surface area (Å²) in [5, 5.41) is 18.8. The molecule has 0 aliphatic heterocycles. The molecule has 1 aromatic heterocycles. The summed E-state index contributed by atoms with van der Waals surface area (Å²) in [6, 6.07) is 10.9. The van der Waals surface area contributed by atoms with Crippen molar-refractivity contribution in [3.05, 3.63) is 56.3 Å². The molecule has 7 heteroatoms. The van der Waals surface area contributed by atoms with Crippen LogP contribution in [0.1, 0.15) is 38.2 Å². The van der Waals surface area contributed by atoms with Gasteiger partial charge < -0.3 is 9.47 Å². The maximum Gasteiger partial charge on any atom is 0.348 e.